The molecule has 2 rings (SSSR count). The molecule has 1 heteroatoms. The van der Waals surface area contributed by atoms with Gasteiger partial charge in [-0.1, -0.05) is 25.7 Å². The first-order valence-corrected chi connectivity index (χ1v) is 5.94. The Balaban J connectivity index is 1.91. The van der Waals surface area contributed by atoms with Crippen molar-refractivity contribution in [1.29, 1.82) is 0 Å². The fourth-order valence-electron chi connectivity index (χ4n) is 3.32. The molecule has 0 aliphatic heterocycles. The van der Waals surface area contributed by atoms with Crippen LogP contribution in [0, 0.1) is 11.8 Å². The average Bonchev–Trinajstić information content (AvgIpc) is 2.17. The van der Waals surface area contributed by atoms with Crippen LogP contribution in [0.4, 0.5) is 0 Å². The van der Waals surface area contributed by atoms with Crippen LogP contribution in [0.5, 0.6) is 0 Å². The van der Waals surface area contributed by atoms with Crippen LogP contribution in [-0.4, -0.2) is 25.0 Å². The summed E-state index contributed by atoms with van der Waals surface area (Å²) in [6, 6.07) is 0.888. The predicted molar refractivity (Wildman–Crippen MR) is 56.8 cm³/mol. The highest BCUT2D eigenvalue weighted by Gasteiger charge is 2.32. The van der Waals surface area contributed by atoms with Crippen molar-refractivity contribution < 1.29 is 0 Å². The van der Waals surface area contributed by atoms with Crippen molar-refractivity contribution in [2.45, 2.75) is 51.0 Å². The molecular formula is C12H23N. The number of hydrogen-bond donors (Lipinski definition) is 0. The van der Waals surface area contributed by atoms with Crippen molar-refractivity contribution >= 4 is 0 Å². The fraction of sp³-hybridized carbons (Fsp3) is 1.00. The Labute approximate surface area is 82.5 Å². The Morgan fingerprint density at radius 3 is 2.23 bits per heavy atom. The Morgan fingerprint density at radius 1 is 0.846 bits per heavy atom. The van der Waals surface area contributed by atoms with E-state index in [4.69, 9.17) is 0 Å². The topological polar surface area (TPSA) is 3.24 Å². The molecule has 0 bridgehead atoms. The summed E-state index contributed by atoms with van der Waals surface area (Å²) >= 11 is 0. The summed E-state index contributed by atoms with van der Waals surface area (Å²) in [5, 5.41) is 0. The van der Waals surface area contributed by atoms with Crippen LogP contribution in [-0.2, 0) is 0 Å². The average molecular weight is 181 g/mol. The summed E-state index contributed by atoms with van der Waals surface area (Å²) in [4.78, 5) is 2.44. The minimum atomic E-state index is 0.888. The fourth-order valence-corrected chi connectivity index (χ4v) is 3.32. The third-order valence-electron chi connectivity index (χ3n) is 4.24. The third kappa shape index (κ3) is 2.07. The van der Waals surface area contributed by atoms with Crippen LogP contribution in [0.25, 0.3) is 0 Å². The molecule has 0 aromatic heterocycles. The van der Waals surface area contributed by atoms with E-state index in [1.807, 2.05) is 0 Å². The van der Waals surface area contributed by atoms with Gasteiger partial charge in [-0.3, -0.25) is 0 Å². The standard InChI is InChI=1S/C12H23N/c1-13(2)12-8-7-10-5-3-4-6-11(10)9-12/h10-12H,3-9H2,1-2H3/t10-,11-,12+/m1/s1. The maximum atomic E-state index is 2.44. The van der Waals surface area contributed by atoms with Gasteiger partial charge in [0.15, 0.2) is 0 Å². The zero-order valence-corrected chi connectivity index (χ0v) is 9.13. The molecule has 2 aliphatic rings. The first-order chi connectivity index (χ1) is 6.27. The zero-order valence-electron chi connectivity index (χ0n) is 9.13. The van der Waals surface area contributed by atoms with Crippen LogP contribution in [0.1, 0.15) is 44.9 Å². The molecule has 0 unspecified atom stereocenters. The molecule has 2 saturated carbocycles. The Kier molecular flexibility index (Phi) is 2.92. The van der Waals surface area contributed by atoms with Crippen LogP contribution in [0.3, 0.4) is 0 Å². The van der Waals surface area contributed by atoms with Gasteiger partial charge in [-0.25, -0.2) is 0 Å². The van der Waals surface area contributed by atoms with E-state index in [2.05, 4.69) is 19.0 Å². The maximum Gasteiger partial charge on any atom is 0.00920 e. The molecule has 0 N–H and O–H groups in total. The molecule has 2 fully saturated rings. The largest absolute Gasteiger partial charge is 0.306 e. The first-order valence-electron chi connectivity index (χ1n) is 5.94. The lowest BCUT2D eigenvalue weighted by Gasteiger charge is -2.41. The predicted octanol–water partition coefficient (Wildman–Crippen LogP) is 2.91. The van der Waals surface area contributed by atoms with Crippen molar-refractivity contribution in [1.82, 2.24) is 4.90 Å². The van der Waals surface area contributed by atoms with Crippen LogP contribution in [0.15, 0.2) is 0 Å². The van der Waals surface area contributed by atoms with Gasteiger partial charge >= 0.3 is 0 Å². The number of nitrogens with zero attached hydrogens (tertiary/aromatic N) is 1. The Hall–Kier alpha value is -0.0400. The van der Waals surface area contributed by atoms with Gasteiger partial charge in [-0.15, -0.1) is 0 Å². The van der Waals surface area contributed by atoms with Crippen molar-refractivity contribution in [3.05, 3.63) is 0 Å². The molecule has 0 amide bonds. The molecule has 2 aliphatic carbocycles. The molecule has 0 saturated heterocycles. The van der Waals surface area contributed by atoms with Gasteiger partial charge in [0.25, 0.3) is 0 Å². The highest BCUT2D eigenvalue weighted by Crippen LogP contribution is 2.41. The van der Waals surface area contributed by atoms with Crippen molar-refractivity contribution in [2.24, 2.45) is 11.8 Å². The van der Waals surface area contributed by atoms with E-state index in [0.717, 1.165) is 17.9 Å². The van der Waals surface area contributed by atoms with Crippen LogP contribution >= 0.6 is 0 Å². The van der Waals surface area contributed by atoms with Gasteiger partial charge in [0.2, 0.25) is 0 Å². The smallest absolute Gasteiger partial charge is 0.00920 e. The monoisotopic (exact) mass is 181 g/mol. The van der Waals surface area contributed by atoms with Gasteiger partial charge in [-0.2, -0.15) is 0 Å². The van der Waals surface area contributed by atoms with E-state index < -0.39 is 0 Å². The van der Waals surface area contributed by atoms with Crippen LogP contribution < -0.4 is 0 Å². The zero-order chi connectivity index (χ0) is 9.26. The van der Waals surface area contributed by atoms with Gasteiger partial charge in [0, 0.05) is 6.04 Å². The summed E-state index contributed by atoms with van der Waals surface area (Å²) < 4.78 is 0. The van der Waals surface area contributed by atoms with E-state index in [1.54, 1.807) is 0 Å². The van der Waals surface area contributed by atoms with E-state index in [9.17, 15) is 0 Å². The Bertz CT molecular complexity index is 165. The summed E-state index contributed by atoms with van der Waals surface area (Å²) in [6.07, 6.45) is 10.5. The second-order valence-electron chi connectivity index (χ2n) is 5.24. The Morgan fingerprint density at radius 2 is 1.54 bits per heavy atom. The third-order valence-corrected chi connectivity index (χ3v) is 4.24. The van der Waals surface area contributed by atoms with Gasteiger partial charge in [-0.05, 0) is 45.2 Å². The SMILES string of the molecule is CN(C)[C@H]1CC[C@H]2CCCC[C@@H]2C1. The molecule has 13 heavy (non-hydrogen) atoms. The minimum absolute atomic E-state index is 0.888. The van der Waals surface area contributed by atoms with Crippen molar-refractivity contribution in [3.8, 4) is 0 Å². The number of rotatable bonds is 1. The molecule has 0 radical (unpaired) electrons. The first kappa shape index (κ1) is 9.51. The highest BCUT2D eigenvalue weighted by molar-refractivity contribution is 4.85. The molecule has 1 nitrogen and oxygen atoms in total. The molecule has 0 heterocycles. The molecular weight excluding hydrogens is 158 g/mol. The normalized spacial score (nSPS) is 40.4. The summed E-state index contributed by atoms with van der Waals surface area (Å²) in [5.41, 5.74) is 0. The molecule has 0 aromatic carbocycles. The number of hydrogen-bond acceptors (Lipinski definition) is 1. The van der Waals surface area contributed by atoms with E-state index in [-0.39, 0.29) is 0 Å². The van der Waals surface area contributed by atoms with E-state index in [1.165, 1.54) is 44.9 Å². The van der Waals surface area contributed by atoms with Gasteiger partial charge in [0.1, 0.15) is 0 Å². The van der Waals surface area contributed by atoms with E-state index >= 15 is 0 Å². The summed E-state index contributed by atoms with van der Waals surface area (Å²) in [7, 11) is 4.49. The number of fused-ring (bicyclic) bond motifs is 1. The molecule has 3 atom stereocenters. The molecule has 76 valence electrons. The highest BCUT2D eigenvalue weighted by atomic mass is 15.1. The lowest BCUT2D eigenvalue weighted by molar-refractivity contribution is 0.101. The molecule has 0 spiro atoms. The second kappa shape index (κ2) is 4.00. The lowest BCUT2D eigenvalue weighted by Crippen LogP contribution is -2.38. The maximum absolute atomic E-state index is 2.44. The summed E-state index contributed by atoms with van der Waals surface area (Å²) in [6.45, 7) is 0. The quantitative estimate of drug-likeness (QED) is 0.601. The second-order valence-corrected chi connectivity index (χ2v) is 5.24. The summed E-state index contributed by atoms with van der Waals surface area (Å²) in [5.74, 6) is 2.18. The lowest BCUT2D eigenvalue weighted by atomic mass is 9.69. The van der Waals surface area contributed by atoms with Crippen LogP contribution in [0.2, 0.25) is 0 Å². The molecule has 0 aromatic rings. The van der Waals surface area contributed by atoms with Gasteiger partial charge < -0.3 is 4.90 Å². The van der Waals surface area contributed by atoms with Crippen molar-refractivity contribution in [3.63, 3.8) is 0 Å². The minimum Gasteiger partial charge on any atom is -0.306 e. The van der Waals surface area contributed by atoms with Crippen molar-refractivity contribution in [2.75, 3.05) is 14.1 Å². The van der Waals surface area contributed by atoms with E-state index in [0.29, 0.717) is 0 Å². The van der Waals surface area contributed by atoms with Gasteiger partial charge in [0.05, 0.1) is 0 Å².